The van der Waals surface area contributed by atoms with Crippen molar-refractivity contribution in [2.75, 3.05) is 20.4 Å². The highest BCUT2D eigenvalue weighted by Gasteiger charge is 2.23. The number of carboxylic acids is 1. The number of carbonyl (C=O) groups is 2. The first-order valence-electron chi connectivity index (χ1n) is 8.59. The predicted octanol–water partition coefficient (Wildman–Crippen LogP) is 2.34. The Morgan fingerprint density at radius 2 is 1.89 bits per heavy atom. The average Bonchev–Trinajstić information content (AvgIpc) is 3.14. The molecule has 0 aromatic heterocycles. The molecule has 142 valence electrons. The molecule has 2 N–H and O–H groups in total. The molecule has 0 fully saturated rings. The van der Waals surface area contributed by atoms with Crippen LogP contribution >= 0.6 is 0 Å². The number of methoxy groups -OCH3 is 1. The van der Waals surface area contributed by atoms with Crippen molar-refractivity contribution in [1.29, 1.82) is 0 Å². The van der Waals surface area contributed by atoms with Gasteiger partial charge in [0, 0.05) is 13.0 Å². The Morgan fingerprint density at radius 1 is 1.15 bits per heavy atom. The van der Waals surface area contributed by atoms with Crippen LogP contribution in [0.2, 0.25) is 0 Å². The van der Waals surface area contributed by atoms with Crippen molar-refractivity contribution >= 4 is 11.9 Å². The van der Waals surface area contributed by atoms with Gasteiger partial charge in [0.15, 0.2) is 11.5 Å². The van der Waals surface area contributed by atoms with Gasteiger partial charge in [0.25, 0.3) is 0 Å². The molecule has 2 aromatic rings. The Kier molecular flexibility index (Phi) is 5.80. The molecule has 0 radical (unpaired) electrons. The summed E-state index contributed by atoms with van der Waals surface area (Å²) in [5, 5.41) is 12.2. The van der Waals surface area contributed by atoms with E-state index in [2.05, 4.69) is 5.32 Å². The number of benzene rings is 2. The number of carbonyl (C=O) groups excluding carboxylic acids is 1. The highest BCUT2D eigenvalue weighted by molar-refractivity contribution is 5.85. The van der Waals surface area contributed by atoms with Crippen molar-refractivity contribution in [3.63, 3.8) is 0 Å². The quantitative estimate of drug-likeness (QED) is 0.740. The summed E-state index contributed by atoms with van der Waals surface area (Å²) in [6.07, 6.45) is 0.492. The Hall–Kier alpha value is -3.22. The smallest absolute Gasteiger partial charge is 0.311 e. The molecule has 27 heavy (non-hydrogen) atoms. The summed E-state index contributed by atoms with van der Waals surface area (Å²) >= 11 is 0. The molecular weight excluding hydrogens is 350 g/mol. The van der Waals surface area contributed by atoms with Crippen molar-refractivity contribution in [3.8, 4) is 17.2 Å². The van der Waals surface area contributed by atoms with Crippen molar-refractivity contribution in [3.05, 3.63) is 53.6 Å². The first-order valence-corrected chi connectivity index (χ1v) is 8.59. The molecule has 1 atom stereocenters. The fraction of sp³-hybridized carbons (Fsp3) is 0.300. The summed E-state index contributed by atoms with van der Waals surface area (Å²) in [5.41, 5.74) is 1.57. The van der Waals surface area contributed by atoms with E-state index < -0.39 is 11.9 Å². The monoisotopic (exact) mass is 371 g/mol. The van der Waals surface area contributed by atoms with Crippen LogP contribution in [-0.4, -0.2) is 37.4 Å². The maximum atomic E-state index is 12.2. The maximum absolute atomic E-state index is 12.2. The van der Waals surface area contributed by atoms with E-state index in [1.54, 1.807) is 24.3 Å². The summed E-state index contributed by atoms with van der Waals surface area (Å²) in [6.45, 7) is 0.630. The summed E-state index contributed by atoms with van der Waals surface area (Å²) in [4.78, 5) is 23.7. The maximum Gasteiger partial charge on any atom is 0.311 e. The zero-order valence-corrected chi connectivity index (χ0v) is 14.9. The highest BCUT2D eigenvalue weighted by atomic mass is 16.7. The van der Waals surface area contributed by atoms with Crippen molar-refractivity contribution in [2.45, 2.75) is 18.8 Å². The molecule has 1 aliphatic rings. The summed E-state index contributed by atoms with van der Waals surface area (Å²) in [5.74, 6) is -0.196. The van der Waals surface area contributed by atoms with Crippen LogP contribution in [0.25, 0.3) is 0 Å². The third-order valence-electron chi connectivity index (χ3n) is 4.38. The molecule has 1 amide bonds. The molecule has 3 rings (SSSR count). The number of carboxylic acid groups (broad SMARTS) is 1. The molecule has 1 aliphatic heterocycles. The molecule has 0 saturated heterocycles. The van der Waals surface area contributed by atoms with E-state index in [4.69, 9.17) is 14.2 Å². The van der Waals surface area contributed by atoms with Gasteiger partial charge in [0.05, 0.1) is 13.0 Å². The molecule has 2 aromatic carbocycles. The Labute approximate surface area is 156 Å². The van der Waals surface area contributed by atoms with E-state index in [0.29, 0.717) is 35.8 Å². The minimum atomic E-state index is -1.04. The lowest BCUT2D eigenvalue weighted by molar-refractivity contribution is -0.140. The largest absolute Gasteiger partial charge is 0.497 e. The lowest BCUT2D eigenvalue weighted by atomic mass is 9.95. The van der Waals surface area contributed by atoms with Gasteiger partial charge in [-0.3, -0.25) is 9.59 Å². The minimum absolute atomic E-state index is 0.122. The van der Waals surface area contributed by atoms with Crippen LogP contribution in [-0.2, 0) is 16.0 Å². The fourth-order valence-electron chi connectivity index (χ4n) is 2.88. The molecule has 0 saturated carbocycles. The zero-order valence-electron chi connectivity index (χ0n) is 14.9. The van der Waals surface area contributed by atoms with Gasteiger partial charge >= 0.3 is 5.97 Å². The van der Waals surface area contributed by atoms with Crippen LogP contribution in [0.3, 0.4) is 0 Å². The number of hydrogen-bond acceptors (Lipinski definition) is 5. The van der Waals surface area contributed by atoms with Crippen LogP contribution in [0.1, 0.15) is 23.5 Å². The van der Waals surface area contributed by atoms with E-state index >= 15 is 0 Å². The number of aliphatic carboxylic acids is 1. The van der Waals surface area contributed by atoms with Gasteiger partial charge in [0.1, 0.15) is 5.75 Å². The Balaban J connectivity index is 1.52. The lowest BCUT2D eigenvalue weighted by Crippen LogP contribution is -2.29. The molecule has 7 heteroatoms. The number of nitrogens with one attached hydrogen (secondary N) is 1. The van der Waals surface area contributed by atoms with E-state index in [1.807, 2.05) is 18.2 Å². The standard InChI is InChI=1S/C20H21NO6/c1-25-15-5-3-14(4-6-15)16(20(23)24)11-19(22)21-9-8-13-2-7-17-18(10-13)27-12-26-17/h2-7,10,16H,8-9,11-12H2,1H3,(H,21,22)(H,23,24). The molecule has 7 nitrogen and oxygen atoms in total. The number of hydrogen-bond donors (Lipinski definition) is 2. The third-order valence-corrected chi connectivity index (χ3v) is 4.38. The van der Waals surface area contributed by atoms with Gasteiger partial charge in [-0.2, -0.15) is 0 Å². The van der Waals surface area contributed by atoms with Crippen LogP contribution in [0, 0.1) is 0 Å². The first-order chi connectivity index (χ1) is 13.1. The molecule has 0 aliphatic carbocycles. The number of rotatable bonds is 8. The first kappa shape index (κ1) is 18.6. The van der Waals surface area contributed by atoms with Gasteiger partial charge < -0.3 is 24.6 Å². The second-order valence-electron chi connectivity index (χ2n) is 6.16. The molecular formula is C20H21NO6. The zero-order chi connectivity index (χ0) is 19.2. The predicted molar refractivity (Wildman–Crippen MR) is 97.3 cm³/mol. The van der Waals surface area contributed by atoms with Crippen LogP contribution in [0.15, 0.2) is 42.5 Å². The van der Waals surface area contributed by atoms with Gasteiger partial charge in [0.2, 0.25) is 12.7 Å². The second-order valence-corrected chi connectivity index (χ2v) is 6.16. The highest BCUT2D eigenvalue weighted by Crippen LogP contribution is 2.32. The molecule has 1 unspecified atom stereocenters. The Bertz CT molecular complexity index is 818. The third kappa shape index (κ3) is 4.69. The summed E-state index contributed by atoms with van der Waals surface area (Å²) < 4.78 is 15.7. The van der Waals surface area contributed by atoms with Crippen LogP contribution < -0.4 is 19.5 Å². The van der Waals surface area contributed by atoms with Crippen LogP contribution in [0.4, 0.5) is 0 Å². The van der Waals surface area contributed by atoms with E-state index in [0.717, 1.165) is 5.56 Å². The average molecular weight is 371 g/mol. The molecule has 1 heterocycles. The van der Waals surface area contributed by atoms with Gasteiger partial charge in [-0.05, 0) is 41.8 Å². The topological polar surface area (TPSA) is 94.1 Å². The molecule has 0 bridgehead atoms. The van der Waals surface area contributed by atoms with Crippen LogP contribution in [0.5, 0.6) is 17.2 Å². The SMILES string of the molecule is COc1ccc(C(CC(=O)NCCc2ccc3c(c2)OCO3)C(=O)O)cc1. The number of amides is 1. The number of ether oxygens (including phenoxy) is 3. The Morgan fingerprint density at radius 3 is 2.59 bits per heavy atom. The number of fused-ring (bicyclic) bond motifs is 1. The van der Waals surface area contributed by atoms with Gasteiger partial charge in [-0.1, -0.05) is 18.2 Å². The van der Waals surface area contributed by atoms with Gasteiger partial charge in [-0.15, -0.1) is 0 Å². The normalized spacial score (nSPS) is 13.1. The van der Waals surface area contributed by atoms with Crippen molar-refractivity contribution in [2.24, 2.45) is 0 Å². The molecule has 0 spiro atoms. The minimum Gasteiger partial charge on any atom is -0.497 e. The summed E-state index contributed by atoms with van der Waals surface area (Å²) in [7, 11) is 1.54. The van der Waals surface area contributed by atoms with Crippen molar-refractivity contribution in [1.82, 2.24) is 5.32 Å². The fourth-order valence-corrected chi connectivity index (χ4v) is 2.88. The van der Waals surface area contributed by atoms with Crippen molar-refractivity contribution < 1.29 is 28.9 Å². The second kappa shape index (κ2) is 8.44. The summed E-state index contributed by atoms with van der Waals surface area (Å²) in [6, 6.07) is 12.3. The van der Waals surface area contributed by atoms with Gasteiger partial charge in [-0.25, -0.2) is 0 Å². The van der Waals surface area contributed by atoms with E-state index in [9.17, 15) is 14.7 Å². The van der Waals surface area contributed by atoms with E-state index in [1.165, 1.54) is 7.11 Å². The van der Waals surface area contributed by atoms with E-state index in [-0.39, 0.29) is 19.1 Å². The lowest BCUT2D eigenvalue weighted by Gasteiger charge is -2.13.